The van der Waals surface area contributed by atoms with Crippen molar-refractivity contribution < 1.29 is 45.0 Å². The summed E-state index contributed by atoms with van der Waals surface area (Å²) in [6.45, 7) is -0.729. The minimum Gasteiger partial charge on any atom is -0.478 e. The average molecular weight is 380 g/mol. The van der Waals surface area contributed by atoms with Gasteiger partial charge in [-0.25, -0.2) is 14.4 Å². The van der Waals surface area contributed by atoms with Gasteiger partial charge >= 0.3 is 17.9 Å². The molecular formula is C18H20O9. The second kappa shape index (κ2) is 13.0. The van der Waals surface area contributed by atoms with Crippen LogP contribution < -0.4 is 0 Å². The summed E-state index contributed by atoms with van der Waals surface area (Å²) in [4.78, 5) is 31.1. The quantitative estimate of drug-likeness (QED) is 0.438. The number of carbonyl (C=O) groups is 3. The normalized spacial score (nSPS) is 9.33. The number of benzene rings is 2. The van der Waals surface area contributed by atoms with Crippen molar-refractivity contribution in [2.24, 2.45) is 0 Å². The van der Waals surface area contributed by atoms with Gasteiger partial charge in [0, 0.05) is 0 Å². The Morgan fingerprint density at radius 2 is 1.04 bits per heavy atom. The number of carboxylic acid groups (broad SMARTS) is 3. The first-order chi connectivity index (χ1) is 12.7. The molecule has 6 N–H and O–H groups in total. The number of aliphatic hydroxyl groups excluding tert-OH is 3. The van der Waals surface area contributed by atoms with E-state index in [4.69, 9.17) is 30.6 Å². The highest BCUT2D eigenvalue weighted by Gasteiger charge is 2.13. The zero-order valence-electron chi connectivity index (χ0n) is 14.1. The van der Waals surface area contributed by atoms with Gasteiger partial charge in [0.15, 0.2) is 0 Å². The minimum atomic E-state index is -1.23. The zero-order valence-corrected chi connectivity index (χ0v) is 14.1. The van der Waals surface area contributed by atoms with Crippen LogP contribution in [0.15, 0.2) is 54.6 Å². The molecule has 0 unspecified atom stereocenters. The zero-order chi connectivity index (χ0) is 20.8. The van der Waals surface area contributed by atoms with Crippen LogP contribution in [0.3, 0.4) is 0 Å². The number of carboxylic acids is 3. The topological polar surface area (TPSA) is 173 Å². The van der Waals surface area contributed by atoms with Crippen LogP contribution >= 0.6 is 0 Å². The van der Waals surface area contributed by atoms with Gasteiger partial charge in [-0.1, -0.05) is 30.3 Å². The van der Waals surface area contributed by atoms with E-state index < -0.39 is 24.0 Å². The fourth-order valence-electron chi connectivity index (χ4n) is 1.49. The number of hydrogen-bond donors (Lipinski definition) is 6. The van der Waals surface area contributed by atoms with Gasteiger partial charge < -0.3 is 30.6 Å². The molecule has 0 atom stereocenters. The maximum absolute atomic E-state index is 10.5. The third-order valence-corrected chi connectivity index (χ3v) is 2.83. The molecule has 0 heterocycles. The Kier molecular flexibility index (Phi) is 11.4. The van der Waals surface area contributed by atoms with E-state index >= 15 is 0 Å². The van der Waals surface area contributed by atoms with Crippen LogP contribution in [0.25, 0.3) is 0 Å². The second-order valence-electron chi connectivity index (χ2n) is 4.85. The summed E-state index contributed by atoms with van der Waals surface area (Å²) in [7, 11) is 0. The highest BCUT2D eigenvalue weighted by molar-refractivity contribution is 6.01. The molecule has 0 radical (unpaired) electrons. The third kappa shape index (κ3) is 9.70. The number of aromatic carboxylic acids is 3. The number of rotatable bonds is 5. The summed E-state index contributed by atoms with van der Waals surface area (Å²) in [6.07, 6.45) is -0.954. The van der Waals surface area contributed by atoms with Crippen molar-refractivity contribution in [3.63, 3.8) is 0 Å². The molecule has 0 fully saturated rings. The van der Waals surface area contributed by atoms with E-state index in [-0.39, 0.29) is 24.3 Å². The van der Waals surface area contributed by atoms with Crippen molar-refractivity contribution >= 4 is 17.9 Å². The van der Waals surface area contributed by atoms with Crippen molar-refractivity contribution in [2.75, 3.05) is 13.2 Å². The summed E-state index contributed by atoms with van der Waals surface area (Å²) < 4.78 is 0. The Bertz CT molecular complexity index is 692. The van der Waals surface area contributed by atoms with Crippen molar-refractivity contribution in [1.82, 2.24) is 0 Å². The molecule has 0 aromatic heterocycles. The van der Waals surface area contributed by atoms with Gasteiger partial charge in [0.05, 0.1) is 29.9 Å². The Balaban J connectivity index is 0.000000400. The smallest absolute Gasteiger partial charge is 0.336 e. The summed E-state index contributed by atoms with van der Waals surface area (Å²) in [5.74, 6) is -3.34. The molecule has 0 spiro atoms. The number of aliphatic hydroxyl groups is 3. The van der Waals surface area contributed by atoms with Gasteiger partial charge in [-0.3, -0.25) is 0 Å². The fourth-order valence-corrected chi connectivity index (χ4v) is 1.49. The second-order valence-corrected chi connectivity index (χ2v) is 4.85. The molecule has 2 rings (SSSR count). The van der Waals surface area contributed by atoms with Crippen molar-refractivity contribution in [3.05, 3.63) is 71.3 Å². The lowest BCUT2D eigenvalue weighted by Crippen LogP contribution is -2.15. The summed E-state index contributed by atoms with van der Waals surface area (Å²) in [6, 6.07) is 13.8. The third-order valence-electron chi connectivity index (χ3n) is 2.83. The maximum Gasteiger partial charge on any atom is 0.336 e. The Morgan fingerprint density at radius 3 is 1.26 bits per heavy atom. The minimum absolute atomic E-state index is 0.190. The molecule has 0 amide bonds. The Hall–Kier alpha value is -3.27. The maximum atomic E-state index is 10.5. The summed E-state index contributed by atoms with van der Waals surface area (Å²) >= 11 is 0. The van der Waals surface area contributed by atoms with Gasteiger partial charge in [0.1, 0.15) is 6.10 Å². The summed E-state index contributed by atoms with van der Waals surface area (Å²) in [5, 5.41) is 49.5. The van der Waals surface area contributed by atoms with E-state index in [1.54, 1.807) is 30.3 Å². The van der Waals surface area contributed by atoms with E-state index in [0.29, 0.717) is 5.56 Å². The fraction of sp³-hybridized carbons (Fsp3) is 0.167. The van der Waals surface area contributed by atoms with E-state index in [0.717, 1.165) is 0 Å². The Labute approximate surface area is 154 Å². The monoisotopic (exact) mass is 380 g/mol. The van der Waals surface area contributed by atoms with Crippen LogP contribution in [-0.4, -0.2) is 67.9 Å². The predicted octanol–water partition coefficient (Wildman–Crippen LogP) is 0.800. The average Bonchev–Trinajstić information content (AvgIpc) is 2.68. The largest absolute Gasteiger partial charge is 0.478 e. The van der Waals surface area contributed by atoms with Crippen LogP contribution in [0.5, 0.6) is 0 Å². The lowest BCUT2D eigenvalue weighted by molar-refractivity contribution is 0.0450. The molecule has 9 nitrogen and oxygen atoms in total. The van der Waals surface area contributed by atoms with E-state index in [1.807, 2.05) is 0 Å². The van der Waals surface area contributed by atoms with Crippen LogP contribution in [0, 0.1) is 0 Å². The molecule has 0 bridgehead atoms. The predicted molar refractivity (Wildman–Crippen MR) is 93.9 cm³/mol. The SMILES string of the molecule is O=C(O)c1ccccc1.O=C(O)c1ccccc1C(=O)O.OCC(O)CO. The van der Waals surface area contributed by atoms with Crippen LogP contribution in [0.2, 0.25) is 0 Å². The first-order valence-corrected chi connectivity index (χ1v) is 7.48. The number of hydrogen-bond acceptors (Lipinski definition) is 6. The van der Waals surface area contributed by atoms with Gasteiger partial charge in [-0.2, -0.15) is 0 Å². The van der Waals surface area contributed by atoms with E-state index in [2.05, 4.69) is 0 Å². The molecule has 0 saturated carbocycles. The van der Waals surface area contributed by atoms with Crippen molar-refractivity contribution in [3.8, 4) is 0 Å². The molecule has 27 heavy (non-hydrogen) atoms. The lowest BCUT2D eigenvalue weighted by Gasteiger charge is -1.98. The van der Waals surface area contributed by atoms with Gasteiger partial charge in [-0.15, -0.1) is 0 Å². The lowest BCUT2D eigenvalue weighted by atomic mass is 10.1. The molecule has 2 aromatic carbocycles. The van der Waals surface area contributed by atoms with Gasteiger partial charge in [0.2, 0.25) is 0 Å². The van der Waals surface area contributed by atoms with Crippen molar-refractivity contribution in [2.45, 2.75) is 6.10 Å². The molecule has 146 valence electrons. The Morgan fingerprint density at radius 1 is 0.667 bits per heavy atom. The molecule has 9 heteroatoms. The first kappa shape index (κ1) is 23.7. The molecule has 0 aliphatic rings. The molecule has 0 aliphatic heterocycles. The molecule has 0 saturated heterocycles. The summed E-state index contributed by atoms with van der Waals surface area (Å²) in [5.41, 5.74) is -0.0486. The van der Waals surface area contributed by atoms with Gasteiger partial charge in [-0.05, 0) is 24.3 Å². The molecule has 2 aromatic rings. The van der Waals surface area contributed by atoms with Crippen LogP contribution in [-0.2, 0) is 0 Å². The van der Waals surface area contributed by atoms with Gasteiger partial charge in [0.25, 0.3) is 0 Å². The van der Waals surface area contributed by atoms with Crippen molar-refractivity contribution in [1.29, 1.82) is 0 Å². The van der Waals surface area contributed by atoms with E-state index in [1.165, 1.54) is 24.3 Å². The molecule has 0 aliphatic carbocycles. The van der Waals surface area contributed by atoms with Crippen LogP contribution in [0.4, 0.5) is 0 Å². The molecular weight excluding hydrogens is 360 g/mol. The van der Waals surface area contributed by atoms with E-state index in [9.17, 15) is 14.4 Å². The van der Waals surface area contributed by atoms with Crippen LogP contribution in [0.1, 0.15) is 31.1 Å². The standard InChI is InChI=1S/C8H6O4.C7H6O2.C3H8O3/c9-7(10)5-3-1-2-4-6(5)8(11)12;8-7(9)6-4-2-1-3-5-6;4-1-3(6)2-5/h1-4H,(H,9,10)(H,11,12);1-5H,(H,8,9);3-6H,1-2H2. The first-order valence-electron chi connectivity index (χ1n) is 7.48. The highest BCUT2D eigenvalue weighted by Crippen LogP contribution is 2.07. The highest BCUT2D eigenvalue weighted by atomic mass is 16.4.